The van der Waals surface area contributed by atoms with E-state index in [0.717, 1.165) is 35.1 Å². The third kappa shape index (κ3) is 4.55. The number of fused-ring (bicyclic) bond motifs is 1. The predicted octanol–water partition coefficient (Wildman–Crippen LogP) is 4.12. The molecule has 158 valence electrons. The molecule has 7 nitrogen and oxygen atoms in total. The van der Waals surface area contributed by atoms with Gasteiger partial charge in [-0.3, -0.25) is 9.98 Å². The van der Waals surface area contributed by atoms with Gasteiger partial charge in [0.15, 0.2) is 0 Å². The zero-order valence-corrected chi connectivity index (χ0v) is 17.5. The molecular weight excluding hydrogens is 412 g/mol. The van der Waals surface area contributed by atoms with Gasteiger partial charge in [-0.05, 0) is 36.2 Å². The quantitative estimate of drug-likeness (QED) is 0.343. The van der Waals surface area contributed by atoms with Crippen molar-refractivity contribution in [2.75, 3.05) is 18.5 Å². The molecule has 0 aliphatic carbocycles. The van der Waals surface area contributed by atoms with E-state index in [-0.39, 0.29) is 11.6 Å². The number of carboxylic acid groups (broad SMARTS) is 1. The van der Waals surface area contributed by atoms with Crippen LogP contribution in [0.1, 0.15) is 22.3 Å². The van der Waals surface area contributed by atoms with Gasteiger partial charge in [0.05, 0.1) is 35.1 Å². The molecule has 1 aliphatic rings. The van der Waals surface area contributed by atoms with Gasteiger partial charge in [-0.2, -0.15) is 0 Å². The lowest BCUT2D eigenvalue weighted by Crippen LogP contribution is -2.04. The van der Waals surface area contributed by atoms with Crippen molar-refractivity contribution in [2.45, 2.75) is 17.4 Å². The molecule has 1 saturated heterocycles. The summed E-state index contributed by atoms with van der Waals surface area (Å²) in [6.07, 6.45) is 5.82. The molecule has 2 aromatic carbocycles. The van der Waals surface area contributed by atoms with Gasteiger partial charge >= 0.3 is 5.97 Å². The number of thiol groups is 1. The molecule has 1 unspecified atom stereocenters. The van der Waals surface area contributed by atoms with E-state index in [2.05, 4.69) is 27.9 Å². The van der Waals surface area contributed by atoms with Crippen molar-refractivity contribution in [1.29, 1.82) is 0 Å². The Bertz CT molecular complexity index is 1190. The molecule has 1 atom stereocenters. The number of carboxylic acids is 1. The number of carbonyl (C=O) groups is 1. The number of para-hydroxylation sites is 1. The van der Waals surface area contributed by atoms with Crippen molar-refractivity contribution in [3.63, 3.8) is 0 Å². The molecule has 4 N–H and O–H groups in total. The fourth-order valence-corrected chi connectivity index (χ4v) is 3.68. The smallest absolute Gasteiger partial charge is 0.337 e. The minimum absolute atomic E-state index is 0.144. The molecule has 0 radical (unpaired) electrons. The highest BCUT2D eigenvalue weighted by molar-refractivity contribution is 7.80. The number of nitrogens with zero attached hydrogens (tertiary/aromatic N) is 2. The Morgan fingerprint density at radius 3 is 2.90 bits per heavy atom. The van der Waals surface area contributed by atoms with E-state index in [1.54, 1.807) is 36.7 Å². The number of rotatable bonds is 6. The molecule has 3 aromatic rings. The highest BCUT2D eigenvalue weighted by Gasteiger charge is 2.15. The second-order valence-electron chi connectivity index (χ2n) is 7.14. The second kappa shape index (κ2) is 9.20. The summed E-state index contributed by atoms with van der Waals surface area (Å²) in [6.45, 7) is 1.35. The monoisotopic (exact) mass is 434 g/mol. The summed E-state index contributed by atoms with van der Waals surface area (Å²) in [4.78, 5) is 21.2. The van der Waals surface area contributed by atoms with Crippen LogP contribution in [0.4, 0.5) is 11.4 Å². The first-order chi connectivity index (χ1) is 15.1. The van der Waals surface area contributed by atoms with Crippen molar-refractivity contribution in [3.8, 4) is 0 Å². The number of pyridine rings is 1. The van der Waals surface area contributed by atoms with E-state index in [9.17, 15) is 9.90 Å². The average Bonchev–Trinajstić information content (AvgIpc) is 3.30. The van der Waals surface area contributed by atoms with E-state index in [4.69, 9.17) is 10.5 Å². The number of allylic oxidation sites excluding steroid dienone is 1. The summed E-state index contributed by atoms with van der Waals surface area (Å²) in [6, 6.07) is 12.6. The van der Waals surface area contributed by atoms with Gasteiger partial charge in [-0.25, -0.2) is 4.79 Å². The maximum atomic E-state index is 11.6. The van der Waals surface area contributed by atoms with Crippen LogP contribution >= 0.6 is 12.6 Å². The minimum atomic E-state index is -1.01. The SMILES string of the molecule is NC=C(C=NC1CCOC1)c1ccc2ncc(S)c(Nc3ccccc3C(=O)O)c2c1. The highest BCUT2D eigenvalue weighted by Crippen LogP contribution is 2.34. The van der Waals surface area contributed by atoms with Crippen molar-refractivity contribution < 1.29 is 14.6 Å². The van der Waals surface area contributed by atoms with Crippen molar-refractivity contribution in [1.82, 2.24) is 4.98 Å². The molecule has 1 fully saturated rings. The topological polar surface area (TPSA) is 110 Å². The lowest BCUT2D eigenvalue weighted by atomic mass is 10.0. The lowest BCUT2D eigenvalue weighted by Gasteiger charge is -2.15. The Kier molecular flexibility index (Phi) is 6.20. The summed E-state index contributed by atoms with van der Waals surface area (Å²) in [5.74, 6) is -1.01. The summed E-state index contributed by atoms with van der Waals surface area (Å²) < 4.78 is 5.37. The second-order valence-corrected chi connectivity index (χ2v) is 7.63. The van der Waals surface area contributed by atoms with Gasteiger partial charge in [0.2, 0.25) is 0 Å². The molecule has 0 amide bonds. The van der Waals surface area contributed by atoms with Gasteiger partial charge in [0.25, 0.3) is 0 Å². The van der Waals surface area contributed by atoms with Crippen molar-refractivity contribution >= 4 is 52.7 Å². The highest BCUT2D eigenvalue weighted by atomic mass is 32.1. The third-order valence-electron chi connectivity index (χ3n) is 5.11. The van der Waals surface area contributed by atoms with E-state index in [0.29, 0.717) is 22.9 Å². The van der Waals surface area contributed by atoms with Crippen LogP contribution in [0.25, 0.3) is 16.5 Å². The number of nitrogens with one attached hydrogen (secondary N) is 1. The Morgan fingerprint density at radius 1 is 1.32 bits per heavy atom. The van der Waals surface area contributed by atoms with Crippen molar-refractivity contribution in [3.05, 3.63) is 66.0 Å². The molecule has 0 bridgehead atoms. The first kappa shape index (κ1) is 20.9. The Morgan fingerprint density at radius 2 is 2.16 bits per heavy atom. The normalized spacial score (nSPS) is 16.8. The standard InChI is InChI=1S/C23H22N4O3S/c24-10-15(11-25-16-7-8-30-13-16)14-5-6-19-18(9-14)22(21(31)12-26-19)27-20-4-2-1-3-17(20)23(28)29/h1-6,9-12,16,31H,7-8,13,24H2,(H,26,27)(H,28,29). The summed E-state index contributed by atoms with van der Waals surface area (Å²) >= 11 is 4.55. The predicted molar refractivity (Wildman–Crippen MR) is 126 cm³/mol. The zero-order valence-electron chi connectivity index (χ0n) is 16.7. The largest absolute Gasteiger partial charge is 0.478 e. The molecule has 0 spiro atoms. The van der Waals surface area contributed by atoms with Crippen LogP contribution in [-0.2, 0) is 4.74 Å². The number of nitrogens with two attached hydrogens (primary N) is 1. The maximum Gasteiger partial charge on any atom is 0.337 e. The molecule has 2 heterocycles. The van der Waals surface area contributed by atoms with Crippen LogP contribution in [0.15, 0.2) is 64.7 Å². The molecular formula is C23H22N4O3S. The van der Waals surface area contributed by atoms with Gasteiger partial charge in [-0.1, -0.05) is 18.2 Å². The number of aromatic carboxylic acids is 1. The Labute approximate surface area is 185 Å². The zero-order chi connectivity index (χ0) is 21.8. The minimum Gasteiger partial charge on any atom is -0.478 e. The van der Waals surface area contributed by atoms with Crippen molar-refractivity contribution in [2.24, 2.45) is 10.7 Å². The van der Waals surface area contributed by atoms with Gasteiger partial charge in [0, 0.05) is 41.1 Å². The van der Waals surface area contributed by atoms with Crippen LogP contribution in [0.5, 0.6) is 0 Å². The summed E-state index contributed by atoms with van der Waals surface area (Å²) in [5, 5.41) is 13.5. The molecule has 1 aliphatic heterocycles. The Hall–Kier alpha value is -3.36. The van der Waals surface area contributed by atoms with Gasteiger partial charge in [-0.15, -0.1) is 12.6 Å². The molecule has 4 rings (SSSR count). The maximum absolute atomic E-state index is 11.6. The van der Waals surface area contributed by atoms with Crippen LogP contribution in [0.2, 0.25) is 0 Å². The fourth-order valence-electron chi connectivity index (χ4n) is 3.45. The van der Waals surface area contributed by atoms with Crippen LogP contribution in [0.3, 0.4) is 0 Å². The lowest BCUT2D eigenvalue weighted by molar-refractivity contribution is 0.0698. The Balaban J connectivity index is 1.74. The fraction of sp³-hybridized carbons (Fsp3) is 0.174. The number of benzene rings is 2. The molecule has 0 saturated carbocycles. The number of anilines is 2. The van der Waals surface area contributed by atoms with Crippen LogP contribution in [-0.4, -0.2) is 41.5 Å². The van der Waals surface area contributed by atoms with Gasteiger partial charge < -0.3 is 20.9 Å². The summed E-state index contributed by atoms with van der Waals surface area (Å²) in [7, 11) is 0. The van der Waals surface area contributed by atoms with Gasteiger partial charge in [0.1, 0.15) is 0 Å². The van der Waals surface area contributed by atoms with E-state index in [1.165, 1.54) is 6.20 Å². The average molecular weight is 435 g/mol. The first-order valence-electron chi connectivity index (χ1n) is 9.81. The van der Waals surface area contributed by atoms with E-state index >= 15 is 0 Å². The third-order valence-corrected chi connectivity index (χ3v) is 5.45. The molecule has 31 heavy (non-hydrogen) atoms. The number of aliphatic imine (C=N–C) groups is 1. The van der Waals surface area contributed by atoms with Crippen LogP contribution in [0, 0.1) is 0 Å². The number of aromatic nitrogens is 1. The number of hydrogen-bond acceptors (Lipinski definition) is 7. The first-order valence-corrected chi connectivity index (χ1v) is 10.3. The number of hydrogen-bond donors (Lipinski definition) is 4. The summed E-state index contributed by atoms with van der Waals surface area (Å²) in [5.41, 5.74) is 9.58. The number of ether oxygens (including phenoxy) is 1. The van der Waals surface area contributed by atoms with E-state index < -0.39 is 5.97 Å². The molecule has 1 aromatic heterocycles. The molecule has 8 heteroatoms. The van der Waals surface area contributed by atoms with Crippen LogP contribution < -0.4 is 11.1 Å². The van der Waals surface area contributed by atoms with E-state index in [1.807, 2.05) is 18.2 Å².